The minimum Gasteiger partial charge on any atom is -0.493 e. The summed E-state index contributed by atoms with van der Waals surface area (Å²) in [6.45, 7) is 0. The highest BCUT2D eigenvalue weighted by atomic mass is 19.1. The highest BCUT2D eigenvalue weighted by Crippen LogP contribution is 2.44. The summed E-state index contributed by atoms with van der Waals surface area (Å²) in [5.74, 6) is 2.31. The molecule has 6 heteroatoms. The van der Waals surface area contributed by atoms with Crippen molar-refractivity contribution in [3.05, 3.63) is 78.9 Å². The van der Waals surface area contributed by atoms with Gasteiger partial charge in [0.05, 0.1) is 34.0 Å². The first-order valence-electron chi connectivity index (χ1n) is 10.8. The maximum Gasteiger partial charge on any atom is 0.161 e. The molecule has 0 fully saturated rings. The molecular formula is C28H24FNO4. The van der Waals surface area contributed by atoms with Gasteiger partial charge in [-0.3, -0.25) is 0 Å². The van der Waals surface area contributed by atoms with E-state index in [1.54, 1.807) is 40.6 Å². The van der Waals surface area contributed by atoms with Crippen LogP contribution in [0.25, 0.3) is 38.5 Å². The van der Waals surface area contributed by atoms with Gasteiger partial charge in [0.2, 0.25) is 0 Å². The van der Waals surface area contributed by atoms with Crippen molar-refractivity contribution >= 4 is 16.3 Å². The van der Waals surface area contributed by atoms with E-state index in [0.29, 0.717) is 23.0 Å². The van der Waals surface area contributed by atoms with E-state index in [4.69, 9.17) is 18.9 Å². The molecule has 0 unspecified atom stereocenters. The molecule has 0 radical (unpaired) electrons. The van der Waals surface area contributed by atoms with E-state index in [2.05, 4.69) is 10.6 Å². The van der Waals surface area contributed by atoms with Gasteiger partial charge in [-0.25, -0.2) is 4.39 Å². The standard InChI is InChI=1S/C28H24FNO4/c1-31-23-10-7-19(14-24(23)32-2)27-22(17-5-8-20(29)9-6-17)16-30-12-11-18-13-25(33-3)26(34-4)15-21(18)28(27)30/h5-16H,1-4H3. The Labute approximate surface area is 196 Å². The number of ether oxygens (including phenoxy) is 4. The summed E-state index contributed by atoms with van der Waals surface area (Å²) in [4.78, 5) is 0. The van der Waals surface area contributed by atoms with Gasteiger partial charge in [0.1, 0.15) is 5.82 Å². The number of hydrogen-bond donors (Lipinski definition) is 0. The average molecular weight is 458 g/mol. The Kier molecular flexibility index (Phi) is 5.49. The van der Waals surface area contributed by atoms with Crippen molar-refractivity contribution in [2.24, 2.45) is 0 Å². The number of benzene rings is 3. The van der Waals surface area contributed by atoms with Crippen LogP contribution in [-0.4, -0.2) is 32.8 Å². The third-order valence-corrected chi connectivity index (χ3v) is 6.09. The molecule has 5 nitrogen and oxygen atoms in total. The summed E-state index contributed by atoms with van der Waals surface area (Å²) in [5, 5.41) is 2.01. The van der Waals surface area contributed by atoms with E-state index in [1.807, 2.05) is 42.6 Å². The van der Waals surface area contributed by atoms with Gasteiger partial charge in [0, 0.05) is 28.9 Å². The fraction of sp³-hybridized carbons (Fsp3) is 0.143. The normalized spacial score (nSPS) is 11.1. The van der Waals surface area contributed by atoms with Gasteiger partial charge in [-0.15, -0.1) is 0 Å². The van der Waals surface area contributed by atoms with Crippen LogP contribution >= 0.6 is 0 Å². The summed E-state index contributed by atoms with van der Waals surface area (Å²) < 4.78 is 37.9. The van der Waals surface area contributed by atoms with Crippen LogP contribution in [0, 0.1) is 5.82 Å². The molecule has 3 aromatic carbocycles. The van der Waals surface area contributed by atoms with Crippen LogP contribution in [0.1, 0.15) is 0 Å². The van der Waals surface area contributed by atoms with Crippen molar-refractivity contribution in [2.75, 3.05) is 28.4 Å². The Balaban J connectivity index is 1.90. The predicted molar refractivity (Wildman–Crippen MR) is 132 cm³/mol. The number of nitrogens with zero attached hydrogens (tertiary/aromatic N) is 1. The molecule has 0 saturated heterocycles. The van der Waals surface area contributed by atoms with Gasteiger partial charge in [0.25, 0.3) is 0 Å². The lowest BCUT2D eigenvalue weighted by Crippen LogP contribution is -1.93. The van der Waals surface area contributed by atoms with Gasteiger partial charge >= 0.3 is 0 Å². The van der Waals surface area contributed by atoms with Gasteiger partial charge in [-0.2, -0.15) is 0 Å². The number of methoxy groups -OCH3 is 4. The monoisotopic (exact) mass is 457 g/mol. The maximum atomic E-state index is 13.7. The Morgan fingerprint density at radius 1 is 0.647 bits per heavy atom. The van der Waals surface area contributed by atoms with Crippen LogP contribution in [0.15, 0.2) is 73.1 Å². The van der Waals surface area contributed by atoms with Crippen molar-refractivity contribution in [1.29, 1.82) is 0 Å². The minimum absolute atomic E-state index is 0.275. The highest BCUT2D eigenvalue weighted by Gasteiger charge is 2.20. The molecular weight excluding hydrogens is 433 g/mol. The molecule has 5 aromatic rings. The van der Waals surface area contributed by atoms with Crippen LogP contribution in [0.4, 0.5) is 4.39 Å². The quantitative estimate of drug-likeness (QED) is 0.288. The molecule has 0 aliphatic carbocycles. The molecule has 0 atom stereocenters. The van der Waals surface area contributed by atoms with Crippen LogP contribution in [-0.2, 0) is 0 Å². The van der Waals surface area contributed by atoms with Gasteiger partial charge in [-0.05, 0) is 59.0 Å². The molecule has 5 rings (SSSR count). The second kappa shape index (κ2) is 8.63. The molecule has 2 aromatic heterocycles. The number of halogens is 1. The zero-order chi connectivity index (χ0) is 23.8. The number of pyridine rings is 1. The predicted octanol–water partition coefficient (Wildman–Crippen LogP) is 6.60. The molecule has 0 spiro atoms. The minimum atomic E-state index is -0.275. The maximum absolute atomic E-state index is 13.7. The summed E-state index contributed by atoms with van der Waals surface area (Å²) >= 11 is 0. The summed E-state index contributed by atoms with van der Waals surface area (Å²) in [5.41, 5.74) is 4.80. The largest absolute Gasteiger partial charge is 0.493 e. The fourth-order valence-corrected chi connectivity index (χ4v) is 4.45. The van der Waals surface area contributed by atoms with Crippen LogP contribution in [0.3, 0.4) is 0 Å². The molecule has 0 saturated carbocycles. The van der Waals surface area contributed by atoms with Crippen LogP contribution in [0.5, 0.6) is 23.0 Å². The number of aromatic nitrogens is 1. The first-order valence-corrected chi connectivity index (χ1v) is 10.8. The molecule has 0 N–H and O–H groups in total. The second-order valence-electron chi connectivity index (χ2n) is 7.86. The molecule has 0 aliphatic rings. The first kappa shape index (κ1) is 21.6. The topological polar surface area (TPSA) is 41.3 Å². The lowest BCUT2D eigenvalue weighted by atomic mass is 9.95. The third kappa shape index (κ3) is 3.48. The number of hydrogen-bond acceptors (Lipinski definition) is 4. The zero-order valence-corrected chi connectivity index (χ0v) is 19.4. The van der Waals surface area contributed by atoms with Crippen molar-refractivity contribution in [2.45, 2.75) is 0 Å². The SMILES string of the molecule is COc1ccc(-c2c(-c3ccc(F)cc3)cn3ccc4cc(OC)c(OC)cc4c23)cc1OC. The van der Waals surface area contributed by atoms with Gasteiger partial charge in [0.15, 0.2) is 23.0 Å². The lowest BCUT2D eigenvalue weighted by Gasteiger charge is -2.13. The van der Waals surface area contributed by atoms with Crippen molar-refractivity contribution in [1.82, 2.24) is 4.40 Å². The molecule has 0 aliphatic heterocycles. The van der Waals surface area contributed by atoms with Gasteiger partial charge in [-0.1, -0.05) is 18.2 Å². The van der Waals surface area contributed by atoms with Gasteiger partial charge < -0.3 is 23.3 Å². The molecule has 0 amide bonds. The Morgan fingerprint density at radius 3 is 1.94 bits per heavy atom. The summed E-state index contributed by atoms with van der Waals surface area (Å²) in [6.07, 6.45) is 4.08. The fourth-order valence-electron chi connectivity index (χ4n) is 4.45. The number of fused-ring (bicyclic) bond motifs is 3. The third-order valence-electron chi connectivity index (χ3n) is 6.09. The van der Waals surface area contributed by atoms with Crippen molar-refractivity contribution in [3.8, 4) is 45.3 Å². The summed E-state index contributed by atoms with van der Waals surface area (Å²) in [6, 6.07) is 18.4. The smallest absolute Gasteiger partial charge is 0.161 e. The zero-order valence-electron chi connectivity index (χ0n) is 19.4. The van der Waals surface area contributed by atoms with Crippen LogP contribution < -0.4 is 18.9 Å². The Bertz CT molecular complexity index is 1510. The Hall–Kier alpha value is -4.19. The summed E-state index contributed by atoms with van der Waals surface area (Å²) in [7, 11) is 6.48. The molecule has 2 heterocycles. The van der Waals surface area contributed by atoms with Crippen molar-refractivity contribution in [3.63, 3.8) is 0 Å². The average Bonchev–Trinajstić information content (AvgIpc) is 3.27. The lowest BCUT2D eigenvalue weighted by molar-refractivity contribution is 0.355. The van der Waals surface area contributed by atoms with E-state index in [-0.39, 0.29) is 5.82 Å². The van der Waals surface area contributed by atoms with Crippen LogP contribution in [0.2, 0.25) is 0 Å². The first-order chi connectivity index (χ1) is 16.6. The second-order valence-corrected chi connectivity index (χ2v) is 7.86. The molecule has 34 heavy (non-hydrogen) atoms. The van der Waals surface area contributed by atoms with E-state index in [0.717, 1.165) is 38.5 Å². The van der Waals surface area contributed by atoms with E-state index >= 15 is 0 Å². The molecule has 0 bridgehead atoms. The van der Waals surface area contributed by atoms with E-state index in [9.17, 15) is 4.39 Å². The van der Waals surface area contributed by atoms with E-state index < -0.39 is 0 Å². The Morgan fingerprint density at radius 2 is 1.26 bits per heavy atom. The molecule has 172 valence electrons. The highest BCUT2D eigenvalue weighted by molar-refractivity contribution is 6.09. The van der Waals surface area contributed by atoms with Crippen molar-refractivity contribution < 1.29 is 23.3 Å². The van der Waals surface area contributed by atoms with E-state index in [1.165, 1.54) is 12.1 Å². The number of rotatable bonds is 6.